The maximum atomic E-state index is 6.21. The van der Waals surface area contributed by atoms with Gasteiger partial charge < -0.3 is 5.32 Å². The Morgan fingerprint density at radius 3 is 3.12 bits per heavy atom. The molecule has 1 saturated heterocycles. The number of hydrogen-bond donors (Lipinski definition) is 1. The van der Waals surface area contributed by atoms with Gasteiger partial charge in [-0.15, -0.1) is 0 Å². The highest BCUT2D eigenvalue weighted by atomic mass is 79.9. The average molecular weight is 318 g/mol. The van der Waals surface area contributed by atoms with E-state index in [-0.39, 0.29) is 0 Å². The van der Waals surface area contributed by atoms with Crippen molar-refractivity contribution in [1.29, 1.82) is 0 Å². The van der Waals surface area contributed by atoms with Crippen LogP contribution in [0, 0.1) is 5.92 Å². The van der Waals surface area contributed by atoms with Crippen LogP contribution in [0.3, 0.4) is 0 Å². The summed E-state index contributed by atoms with van der Waals surface area (Å²) in [5.74, 6) is 0.783. The van der Waals surface area contributed by atoms with E-state index >= 15 is 0 Å². The predicted octanol–water partition coefficient (Wildman–Crippen LogP) is 3.14. The summed E-state index contributed by atoms with van der Waals surface area (Å²) in [6, 6.07) is 6.06. The number of nitrogens with zero attached hydrogens (tertiary/aromatic N) is 1. The number of likely N-dealkylation sites (tertiary alicyclic amines) is 1. The molecule has 0 aliphatic carbocycles. The SMILES string of the molecule is CNCC1CCN(Cc2cc(Br)ccc2Cl)C1. The zero-order valence-corrected chi connectivity index (χ0v) is 12.4. The van der Waals surface area contributed by atoms with Crippen LogP contribution in [0.2, 0.25) is 5.02 Å². The lowest BCUT2D eigenvalue weighted by molar-refractivity contribution is 0.315. The smallest absolute Gasteiger partial charge is 0.0451 e. The van der Waals surface area contributed by atoms with Crippen LogP contribution in [0.15, 0.2) is 22.7 Å². The predicted molar refractivity (Wildman–Crippen MR) is 76.5 cm³/mol. The van der Waals surface area contributed by atoms with Gasteiger partial charge in [-0.1, -0.05) is 27.5 Å². The Morgan fingerprint density at radius 1 is 1.53 bits per heavy atom. The Kier molecular flexibility index (Phi) is 4.86. The average Bonchev–Trinajstić information content (AvgIpc) is 2.72. The van der Waals surface area contributed by atoms with Crippen molar-refractivity contribution >= 4 is 27.5 Å². The molecule has 17 heavy (non-hydrogen) atoms. The highest BCUT2D eigenvalue weighted by Crippen LogP contribution is 2.25. The highest BCUT2D eigenvalue weighted by molar-refractivity contribution is 9.10. The van der Waals surface area contributed by atoms with Crippen LogP contribution in [0.25, 0.3) is 0 Å². The molecule has 2 nitrogen and oxygen atoms in total. The van der Waals surface area contributed by atoms with Gasteiger partial charge in [0.1, 0.15) is 0 Å². The second-order valence-electron chi connectivity index (χ2n) is 4.68. The third-order valence-corrected chi connectivity index (χ3v) is 4.13. The molecule has 1 heterocycles. The quantitative estimate of drug-likeness (QED) is 0.918. The fraction of sp³-hybridized carbons (Fsp3) is 0.538. The normalized spacial score (nSPS) is 21.0. The molecule has 0 aromatic heterocycles. The van der Waals surface area contributed by atoms with Crippen LogP contribution in [0.5, 0.6) is 0 Å². The van der Waals surface area contributed by atoms with Gasteiger partial charge in [-0.25, -0.2) is 0 Å². The van der Waals surface area contributed by atoms with Crippen molar-refractivity contribution in [3.05, 3.63) is 33.3 Å². The summed E-state index contributed by atoms with van der Waals surface area (Å²) in [5.41, 5.74) is 1.21. The number of nitrogens with one attached hydrogen (secondary N) is 1. The van der Waals surface area contributed by atoms with E-state index in [1.54, 1.807) is 0 Å². The van der Waals surface area contributed by atoms with Gasteiger partial charge in [0.05, 0.1) is 0 Å². The van der Waals surface area contributed by atoms with Crippen LogP contribution in [-0.4, -0.2) is 31.6 Å². The van der Waals surface area contributed by atoms with E-state index in [4.69, 9.17) is 11.6 Å². The first kappa shape index (κ1) is 13.3. The highest BCUT2D eigenvalue weighted by Gasteiger charge is 2.22. The largest absolute Gasteiger partial charge is 0.319 e. The topological polar surface area (TPSA) is 15.3 Å². The molecule has 2 rings (SSSR count). The molecule has 1 aliphatic rings. The molecular formula is C13H18BrClN2. The monoisotopic (exact) mass is 316 g/mol. The molecule has 0 spiro atoms. The summed E-state index contributed by atoms with van der Waals surface area (Å²) in [6.45, 7) is 4.42. The standard InChI is InChI=1S/C13H18BrClN2/c1-16-7-10-4-5-17(8-10)9-11-6-12(14)2-3-13(11)15/h2-3,6,10,16H,4-5,7-9H2,1H3. The summed E-state index contributed by atoms with van der Waals surface area (Å²) >= 11 is 9.71. The van der Waals surface area contributed by atoms with Crippen molar-refractivity contribution in [2.75, 3.05) is 26.7 Å². The second kappa shape index (κ2) is 6.19. The second-order valence-corrected chi connectivity index (χ2v) is 6.01. The van der Waals surface area contributed by atoms with Gasteiger partial charge in [-0.3, -0.25) is 4.90 Å². The van der Waals surface area contributed by atoms with Crippen molar-refractivity contribution in [3.63, 3.8) is 0 Å². The summed E-state index contributed by atoms with van der Waals surface area (Å²) in [7, 11) is 2.02. The van der Waals surface area contributed by atoms with E-state index < -0.39 is 0 Å². The molecule has 1 aromatic rings. The van der Waals surface area contributed by atoms with E-state index in [0.29, 0.717) is 0 Å². The fourth-order valence-corrected chi connectivity index (χ4v) is 3.00. The van der Waals surface area contributed by atoms with Crippen LogP contribution in [-0.2, 0) is 6.54 Å². The van der Waals surface area contributed by atoms with Crippen molar-refractivity contribution in [1.82, 2.24) is 10.2 Å². The number of halogens is 2. The molecular weight excluding hydrogens is 300 g/mol. The Morgan fingerprint density at radius 2 is 2.35 bits per heavy atom. The Labute approximate surface area is 116 Å². The van der Waals surface area contributed by atoms with Gasteiger partial charge in [0, 0.05) is 22.6 Å². The number of rotatable bonds is 4. The molecule has 0 saturated carbocycles. The summed E-state index contributed by atoms with van der Waals surface area (Å²) in [4.78, 5) is 2.48. The third-order valence-electron chi connectivity index (χ3n) is 3.26. The summed E-state index contributed by atoms with van der Waals surface area (Å²) in [6.07, 6.45) is 1.28. The first-order valence-corrected chi connectivity index (χ1v) is 7.17. The van der Waals surface area contributed by atoms with E-state index in [1.165, 1.54) is 25.1 Å². The maximum absolute atomic E-state index is 6.21. The Hall–Kier alpha value is -0.0900. The van der Waals surface area contributed by atoms with E-state index in [2.05, 4.69) is 32.2 Å². The minimum Gasteiger partial charge on any atom is -0.319 e. The third kappa shape index (κ3) is 3.68. The molecule has 4 heteroatoms. The van der Waals surface area contributed by atoms with Crippen LogP contribution >= 0.6 is 27.5 Å². The minimum atomic E-state index is 0.783. The molecule has 0 bridgehead atoms. The lowest BCUT2D eigenvalue weighted by Crippen LogP contribution is -2.24. The molecule has 94 valence electrons. The van der Waals surface area contributed by atoms with Gasteiger partial charge >= 0.3 is 0 Å². The van der Waals surface area contributed by atoms with Gasteiger partial charge in [-0.05, 0) is 56.2 Å². The number of hydrogen-bond acceptors (Lipinski definition) is 2. The molecule has 1 aromatic carbocycles. The molecule has 1 aliphatic heterocycles. The van der Waals surface area contributed by atoms with Crippen molar-refractivity contribution in [2.45, 2.75) is 13.0 Å². The van der Waals surface area contributed by atoms with Gasteiger partial charge in [0.2, 0.25) is 0 Å². The first-order valence-electron chi connectivity index (χ1n) is 6.00. The molecule has 1 atom stereocenters. The van der Waals surface area contributed by atoms with Crippen molar-refractivity contribution in [2.24, 2.45) is 5.92 Å². The summed E-state index contributed by atoms with van der Waals surface area (Å²) < 4.78 is 1.10. The van der Waals surface area contributed by atoms with Crippen LogP contribution < -0.4 is 5.32 Å². The molecule has 1 N–H and O–H groups in total. The number of benzene rings is 1. The zero-order valence-electron chi connectivity index (χ0n) is 10.0. The minimum absolute atomic E-state index is 0.783. The van der Waals surface area contributed by atoms with E-state index in [1.807, 2.05) is 19.2 Å². The lowest BCUT2D eigenvalue weighted by Gasteiger charge is -2.17. The van der Waals surface area contributed by atoms with Gasteiger partial charge in [0.15, 0.2) is 0 Å². The molecule has 0 amide bonds. The maximum Gasteiger partial charge on any atom is 0.0451 e. The summed E-state index contributed by atoms with van der Waals surface area (Å²) in [5, 5.41) is 4.12. The van der Waals surface area contributed by atoms with Crippen molar-refractivity contribution in [3.8, 4) is 0 Å². The molecule has 1 fully saturated rings. The van der Waals surface area contributed by atoms with Gasteiger partial charge in [-0.2, -0.15) is 0 Å². The molecule has 0 radical (unpaired) electrons. The van der Waals surface area contributed by atoms with Gasteiger partial charge in [0.25, 0.3) is 0 Å². The first-order chi connectivity index (χ1) is 8.19. The van der Waals surface area contributed by atoms with Crippen molar-refractivity contribution < 1.29 is 0 Å². The Balaban J connectivity index is 1.95. The van der Waals surface area contributed by atoms with Crippen LogP contribution in [0.4, 0.5) is 0 Å². The van der Waals surface area contributed by atoms with E-state index in [0.717, 1.165) is 28.5 Å². The zero-order chi connectivity index (χ0) is 12.3. The Bertz CT molecular complexity index is 384. The lowest BCUT2D eigenvalue weighted by atomic mass is 10.1. The van der Waals surface area contributed by atoms with Crippen LogP contribution in [0.1, 0.15) is 12.0 Å². The molecule has 1 unspecified atom stereocenters. The van der Waals surface area contributed by atoms with E-state index in [9.17, 15) is 0 Å². The fourth-order valence-electron chi connectivity index (χ4n) is 2.42.